The summed E-state index contributed by atoms with van der Waals surface area (Å²) in [5.74, 6) is -0.0552. The summed E-state index contributed by atoms with van der Waals surface area (Å²) in [6, 6.07) is 19.8. The first kappa shape index (κ1) is 31.0. The fraction of sp³-hybridized carbons (Fsp3) is 0.355. The summed E-state index contributed by atoms with van der Waals surface area (Å²) < 4.78 is 6.73. The maximum Gasteiger partial charge on any atom is 0.261 e. The van der Waals surface area contributed by atoms with Crippen LogP contribution in [0.2, 0.25) is 10.0 Å². The van der Waals surface area contributed by atoms with Crippen LogP contribution in [-0.2, 0) is 28.0 Å². The summed E-state index contributed by atoms with van der Waals surface area (Å²) in [5, 5.41) is 3.81. The van der Waals surface area contributed by atoms with Crippen LogP contribution in [0.5, 0.6) is 5.75 Å². The van der Waals surface area contributed by atoms with E-state index in [0.717, 1.165) is 22.0 Å². The van der Waals surface area contributed by atoms with Crippen molar-refractivity contribution in [3.8, 4) is 5.75 Å². The highest BCUT2D eigenvalue weighted by molar-refractivity contribution is 9.10. The lowest BCUT2D eigenvalue weighted by molar-refractivity contribution is -0.142. The number of benzene rings is 3. The fourth-order valence-electron chi connectivity index (χ4n) is 4.08. The van der Waals surface area contributed by atoms with Gasteiger partial charge in [-0.15, -0.1) is 0 Å². The molecule has 0 aliphatic rings. The minimum atomic E-state index is -0.797. The minimum absolute atomic E-state index is 0.0294. The Morgan fingerprint density at radius 2 is 1.67 bits per heavy atom. The molecule has 0 aliphatic carbocycles. The van der Waals surface area contributed by atoms with Gasteiger partial charge in [0, 0.05) is 35.1 Å². The number of nitrogens with one attached hydrogen (secondary N) is 1. The maximum absolute atomic E-state index is 13.8. The molecule has 0 bridgehead atoms. The highest BCUT2D eigenvalue weighted by Crippen LogP contribution is 2.32. The van der Waals surface area contributed by atoms with Crippen LogP contribution in [0.25, 0.3) is 0 Å². The largest absolute Gasteiger partial charge is 0.483 e. The Morgan fingerprint density at radius 1 is 1.00 bits per heavy atom. The molecule has 5 nitrogen and oxygen atoms in total. The topological polar surface area (TPSA) is 58.6 Å². The molecular weight excluding hydrogens is 599 g/mol. The number of nitrogens with zero attached hydrogens (tertiary/aromatic N) is 1. The van der Waals surface area contributed by atoms with Crippen molar-refractivity contribution in [3.63, 3.8) is 0 Å². The molecule has 3 aromatic carbocycles. The van der Waals surface area contributed by atoms with Crippen molar-refractivity contribution in [1.29, 1.82) is 0 Å². The average molecular weight is 634 g/mol. The van der Waals surface area contributed by atoms with Crippen molar-refractivity contribution in [2.75, 3.05) is 13.2 Å². The third-order valence-electron chi connectivity index (χ3n) is 6.36. The molecule has 0 saturated carbocycles. The number of amides is 2. The molecule has 0 heterocycles. The Balaban J connectivity index is 1.94. The van der Waals surface area contributed by atoms with Crippen LogP contribution in [0.15, 0.2) is 71.2 Å². The first-order valence-electron chi connectivity index (χ1n) is 13.0. The first-order chi connectivity index (χ1) is 18.5. The smallest absolute Gasteiger partial charge is 0.261 e. The van der Waals surface area contributed by atoms with Crippen LogP contribution in [-0.4, -0.2) is 35.9 Å². The lowest BCUT2D eigenvalue weighted by Gasteiger charge is -2.32. The molecule has 0 spiro atoms. The van der Waals surface area contributed by atoms with Gasteiger partial charge in [0.05, 0.1) is 4.47 Å². The van der Waals surface area contributed by atoms with E-state index >= 15 is 0 Å². The van der Waals surface area contributed by atoms with Crippen molar-refractivity contribution < 1.29 is 14.3 Å². The van der Waals surface area contributed by atoms with E-state index in [1.807, 2.05) is 55.5 Å². The SMILES string of the molecule is CCCNC(=O)[C@H](Cc1ccccc1)N(Cc1c(Cl)cccc1Cl)C(=O)COc1ccc(C(C)(C)C)cc1Br. The Hall–Kier alpha value is -2.54. The van der Waals surface area contributed by atoms with Gasteiger partial charge in [-0.1, -0.05) is 93.4 Å². The zero-order chi connectivity index (χ0) is 28.6. The Labute approximate surface area is 250 Å². The fourth-order valence-corrected chi connectivity index (χ4v) is 5.09. The third-order valence-corrected chi connectivity index (χ3v) is 7.69. The van der Waals surface area contributed by atoms with Crippen LogP contribution >= 0.6 is 39.1 Å². The van der Waals surface area contributed by atoms with E-state index in [-0.39, 0.29) is 30.4 Å². The monoisotopic (exact) mass is 632 g/mol. The van der Waals surface area contributed by atoms with E-state index in [4.69, 9.17) is 27.9 Å². The van der Waals surface area contributed by atoms with E-state index < -0.39 is 6.04 Å². The molecule has 0 radical (unpaired) electrons. The van der Waals surface area contributed by atoms with E-state index in [2.05, 4.69) is 42.0 Å². The maximum atomic E-state index is 13.8. The predicted octanol–water partition coefficient (Wildman–Crippen LogP) is 7.60. The average Bonchev–Trinajstić information content (AvgIpc) is 2.89. The number of carbonyl (C=O) groups excluding carboxylic acids is 2. The highest BCUT2D eigenvalue weighted by atomic mass is 79.9. The van der Waals surface area contributed by atoms with Crippen molar-refractivity contribution in [1.82, 2.24) is 10.2 Å². The first-order valence-corrected chi connectivity index (χ1v) is 14.5. The predicted molar refractivity (Wildman–Crippen MR) is 163 cm³/mol. The molecule has 3 rings (SSSR count). The molecule has 39 heavy (non-hydrogen) atoms. The summed E-state index contributed by atoms with van der Waals surface area (Å²) >= 11 is 16.6. The summed E-state index contributed by atoms with van der Waals surface area (Å²) in [7, 11) is 0. The van der Waals surface area contributed by atoms with Gasteiger partial charge in [0.15, 0.2) is 6.61 Å². The number of carbonyl (C=O) groups is 2. The molecule has 2 amide bonds. The van der Waals surface area contributed by atoms with Crippen LogP contribution in [0.4, 0.5) is 0 Å². The van der Waals surface area contributed by atoms with Gasteiger partial charge in [-0.25, -0.2) is 0 Å². The normalized spacial score (nSPS) is 12.1. The molecule has 0 fully saturated rings. The summed E-state index contributed by atoms with van der Waals surface area (Å²) in [5.41, 5.74) is 2.61. The van der Waals surface area contributed by atoms with Crippen LogP contribution in [0.3, 0.4) is 0 Å². The molecule has 0 unspecified atom stereocenters. The van der Waals surface area contributed by atoms with Crippen molar-refractivity contribution >= 4 is 50.9 Å². The number of hydrogen-bond donors (Lipinski definition) is 1. The molecule has 0 aliphatic heterocycles. The molecule has 208 valence electrons. The molecule has 1 atom stereocenters. The third kappa shape index (κ3) is 8.72. The van der Waals surface area contributed by atoms with Gasteiger partial charge in [0.25, 0.3) is 5.91 Å². The standard InChI is InChI=1S/C31H35BrCl2N2O3/c1-5-16-35-30(38)27(17-21-10-7-6-8-11-21)36(19-23-25(33)12-9-13-26(23)34)29(37)20-39-28-15-14-22(18-24(28)32)31(2,3)4/h6-15,18,27H,5,16-17,19-20H2,1-4H3,(H,35,38)/t27-/m0/s1. The van der Waals surface area contributed by atoms with Gasteiger partial charge in [-0.05, 0) is 63.2 Å². The Morgan fingerprint density at radius 3 is 2.26 bits per heavy atom. The molecular formula is C31H35BrCl2N2O3. The van der Waals surface area contributed by atoms with Gasteiger partial charge in [0.2, 0.25) is 5.91 Å². The molecule has 8 heteroatoms. The van der Waals surface area contributed by atoms with Gasteiger partial charge in [-0.3, -0.25) is 9.59 Å². The Kier molecular flexibility index (Phi) is 11.3. The van der Waals surface area contributed by atoms with Crippen LogP contribution < -0.4 is 10.1 Å². The summed E-state index contributed by atoms with van der Waals surface area (Å²) in [6.07, 6.45) is 1.10. The zero-order valence-corrected chi connectivity index (χ0v) is 25.9. The quantitative estimate of drug-likeness (QED) is 0.237. The van der Waals surface area contributed by atoms with Gasteiger partial charge in [0.1, 0.15) is 11.8 Å². The second-order valence-corrected chi connectivity index (χ2v) is 12.1. The van der Waals surface area contributed by atoms with E-state index in [1.54, 1.807) is 18.2 Å². The lowest BCUT2D eigenvalue weighted by atomic mass is 9.87. The van der Waals surface area contributed by atoms with E-state index in [9.17, 15) is 9.59 Å². The summed E-state index contributed by atoms with van der Waals surface area (Å²) in [4.78, 5) is 28.8. The molecule has 0 saturated heterocycles. The second-order valence-electron chi connectivity index (χ2n) is 10.4. The van der Waals surface area contributed by atoms with Gasteiger partial charge < -0.3 is 15.0 Å². The number of halogens is 3. The number of ether oxygens (including phenoxy) is 1. The lowest BCUT2D eigenvalue weighted by Crippen LogP contribution is -2.51. The molecule has 0 aromatic heterocycles. The highest BCUT2D eigenvalue weighted by Gasteiger charge is 2.31. The van der Waals surface area contributed by atoms with Crippen molar-refractivity contribution in [3.05, 3.63) is 97.9 Å². The van der Waals surface area contributed by atoms with Crippen LogP contribution in [0.1, 0.15) is 50.8 Å². The van der Waals surface area contributed by atoms with E-state index in [0.29, 0.717) is 34.3 Å². The molecule has 1 N–H and O–H groups in total. The second kappa shape index (κ2) is 14.2. The zero-order valence-electron chi connectivity index (χ0n) is 22.8. The number of hydrogen-bond acceptors (Lipinski definition) is 3. The minimum Gasteiger partial charge on any atom is -0.483 e. The van der Waals surface area contributed by atoms with Crippen molar-refractivity contribution in [2.24, 2.45) is 0 Å². The van der Waals surface area contributed by atoms with Crippen LogP contribution in [0, 0.1) is 0 Å². The summed E-state index contributed by atoms with van der Waals surface area (Å²) in [6.45, 7) is 8.68. The van der Waals surface area contributed by atoms with Gasteiger partial charge in [-0.2, -0.15) is 0 Å². The number of rotatable bonds is 11. The van der Waals surface area contributed by atoms with Gasteiger partial charge >= 0.3 is 0 Å². The Bertz CT molecular complexity index is 1260. The van der Waals surface area contributed by atoms with Crippen molar-refractivity contribution in [2.45, 2.75) is 58.5 Å². The van der Waals surface area contributed by atoms with E-state index in [1.165, 1.54) is 4.90 Å². The molecule has 3 aromatic rings.